The highest BCUT2D eigenvalue weighted by Crippen LogP contribution is 2.34. The maximum atomic E-state index is 13.1. The number of carbonyl (C=O) groups excluding carboxylic acids is 2. The molecule has 0 aliphatic rings. The van der Waals surface area contributed by atoms with Crippen LogP contribution in [0.1, 0.15) is 37.5 Å². The van der Waals surface area contributed by atoms with Crippen LogP contribution < -0.4 is 5.32 Å². The first-order valence-electron chi connectivity index (χ1n) is 8.67. The Bertz CT molecular complexity index is 1190. The van der Waals surface area contributed by atoms with Gasteiger partial charge in [-0.1, -0.05) is 0 Å². The van der Waals surface area contributed by atoms with Crippen LogP contribution >= 0.6 is 22.7 Å². The van der Waals surface area contributed by atoms with Crippen LogP contribution in [0.2, 0.25) is 0 Å². The van der Waals surface area contributed by atoms with Gasteiger partial charge in [0.25, 0.3) is 0 Å². The van der Waals surface area contributed by atoms with Crippen LogP contribution in [-0.2, 0) is 4.74 Å². The molecule has 0 saturated carbocycles. The van der Waals surface area contributed by atoms with Crippen molar-refractivity contribution < 1.29 is 18.7 Å². The quantitative estimate of drug-likeness (QED) is 0.318. The highest BCUT2D eigenvalue weighted by atomic mass is 32.1. The Labute approximate surface area is 180 Å². The van der Waals surface area contributed by atoms with E-state index in [0.717, 1.165) is 16.9 Å². The van der Waals surface area contributed by atoms with Gasteiger partial charge in [0.2, 0.25) is 0 Å². The van der Waals surface area contributed by atoms with Gasteiger partial charge in [-0.15, -0.1) is 22.7 Å². The molecule has 0 amide bonds. The van der Waals surface area contributed by atoms with Gasteiger partial charge in [-0.25, -0.2) is 14.2 Å². The lowest BCUT2D eigenvalue weighted by Gasteiger charge is -2.03. The zero-order chi connectivity index (χ0) is 21.8. The van der Waals surface area contributed by atoms with Crippen molar-refractivity contribution in [2.75, 3.05) is 12.4 Å². The zero-order valence-corrected chi connectivity index (χ0v) is 17.9. The predicted octanol–water partition coefficient (Wildman–Crippen LogP) is 5.28. The Morgan fingerprint density at radius 1 is 1.30 bits per heavy atom. The molecule has 3 aromatic rings. The van der Waals surface area contributed by atoms with E-state index in [2.05, 4.69) is 16.4 Å². The van der Waals surface area contributed by atoms with Gasteiger partial charge in [0.15, 0.2) is 5.78 Å². The van der Waals surface area contributed by atoms with Gasteiger partial charge in [0, 0.05) is 17.1 Å². The van der Waals surface area contributed by atoms with Gasteiger partial charge in [0.1, 0.15) is 27.5 Å². The number of Topliss-reactive ketones (excluding diaryl/α,β-unsaturated/α-hetero) is 1. The minimum atomic E-state index is -0.571. The monoisotopic (exact) mass is 441 g/mol. The number of anilines is 1. The Kier molecular flexibility index (Phi) is 6.40. The smallest absolute Gasteiger partial charge is 0.341 e. The van der Waals surface area contributed by atoms with E-state index in [1.165, 1.54) is 43.7 Å². The molecule has 0 aliphatic heterocycles. The Balaban J connectivity index is 1.92. The van der Waals surface area contributed by atoms with E-state index < -0.39 is 5.97 Å². The van der Waals surface area contributed by atoms with E-state index in [1.54, 1.807) is 24.4 Å². The molecule has 3 rings (SSSR count). The number of carbonyl (C=O) groups is 2. The van der Waals surface area contributed by atoms with Crippen LogP contribution in [0.25, 0.3) is 16.8 Å². The average Bonchev–Trinajstić information content (AvgIpc) is 3.34. The normalized spacial score (nSPS) is 11.1. The minimum Gasteiger partial charge on any atom is -0.465 e. The standard InChI is InChI=1S/C21H16FN3O3S2/c1-11-17(21(27)28-3)20(30-18(11)12(2)26)24-9-14(8-23)19-25-16(10-29-19)13-4-6-15(22)7-5-13/h4-7,9-10,24H,1-3H3. The van der Waals surface area contributed by atoms with Gasteiger partial charge < -0.3 is 10.1 Å². The van der Waals surface area contributed by atoms with Crippen LogP contribution in [-0.4, -0.2) is 23.8 Å². The number of aromatic nitrogens is 1. The largest absolute Gasteiger partial charge is 0.465 e. The SMILES string of the molecule is COC(=O)c1c(NC=C(C#N)c2nc(-c3ccc(F)cc3)cs2)sc(C(C)=O)c1C. The summed E-state index contributed by atoms with van der Waals surface area (Å²) in [5.41, 5.74) is 2.39. The number of nitrogens with one attached hydrogen (secondary N) is 1. The second-order valence-corrected chi connectivity index (χ2v) is 8.05. The molecular formula is C21H16FN3O3S2. The first-order valence-corrected chi connectivity index (χ1v) is 10.4. The lowest BCUT2D eigenvalue weighted by molar-refractivity contribution is 0.0601. The third-order valence-electron chi connectivity index (χ3n) is 4.20. The van der Waals surface area contributed by atoms with Crippen LogP contribution in [0.4, 0.5) is 9.39 Å². The molecule has 152 valence electrons. The summed E-state index contributed by atoms with van der Waals surface area (Å²) >= 11 is 2.39. The van der Waals surface area contributed by atoms with Crippen molar-refractivity contribution in [1.29, 1.82) is 5.26 Å². The second kappa shape index (κ2) is 8.98. The number of esters is 1. The lowest BCUT2D eigenvalue weighted by Crippen LogP contribution is -2.05. The van der Waals surface area contributed by atoms with E-state index >= 15 is 0 Å². The van der Waals surface area contributed by atoms with Crippen molar-refractivity contribution in [3.63, 3.8) is 0 Å². The number of methoxy groups -OCH3 is 1. The summed E-state index contributed by atoms with van der Waals surface area (Å²) in [6, 6.07) is 7.99. The molecule has 0 radical (unpaired) electrons. The molecule has 1 N–H and O–H groups in total. The summed E-state index contributed by atoms with van der Waals surface area (Å²) in [6.45, 7) is 3.10. The molecule has 6 nitrogen and oxygen atoms in total. The fraction of sp³-hybridized carbons (Fsp3) is 0.143. The molecule has 2 heterocycles. The van der Waals surface area contributed by atoms with E-state index in [9.17, 15) is 19.2 Å². The highest BCUT2D eigenvalue weighted by Gasteiger charge is 2.23. The van der Waals surface area contributed by atoms with Crippen molar-refractivity contribution in [3.05, 3.63) is 62.7 Å². The number of thiazole rings is 1. The summed E-state index contributed by atoms with van der Waals surface area (Å²) < 4.78 is 17.9. The number of nitriles is 1. The van der Waals surface area contributed by atoms with Crippen LogP contribution in [0.15, 0.2) is 35.8 Å². The molecule has 0 bridgehead atoms. The average molecular weight is 442 g/mol. The van der Waals surface area contributed by atoms with Crippen LogP contribution in [0.5, 0.6) is 0 Å². The number of ether oxygens (including phenoxy) is 1. The third kappa shape index (κ3) is 4.30. The molecule has 30 heavy (non-hydrogen) atoms. The summed E-state index contributed by atoms with van der Waals surface area (Å²) in [4.78, 5) is 28.9. The topological polar surface area (TPSA) is 92.1 Å². The van der Waals surface area contributed by atoms with Gasteiger partial charge in [0.05, 0.1) is 23.2 Å². The molecule has 0 fully saturated rings. The number of hydrogen-bond acceptors (Lipinski definition) is 8. The predicted molar refractivity (Wildman–Crippen MR) is 115 cm³/mol. The summed E-state index contributed by atoms with van der Waals surface area (Å²) in [5, 5.41) is 15.2. The molecule has 9 heteroatoms. The molecule has 0 unspecified atom stereocenters. The number of allylic oxidation sites excluding steroid dienone is 1. The second-order valence-electron chi connectivity index (χ2n) is 6.17. The zero-order valence-electron chi connectivity index (χ0n) is 16.3. The maximum absolute atomic E-state index is 13.1. The molecule has 2 aromatic heterocycles. The molecule has 0 spiro atoms. The summed E-state index contributed by atoms with van der Waals surface area (Å²) in [5.74, 6) is -1.07. The van der Waals surface area contributed by atoms with Crippen molar-refractivity contribution >= 4 is 45.0 Å². The molecular weight excluding hydrogens is 425 g/mol. The fourth-order valence-electron chi connectivity index (χ4n) is 2.73. The van der Waals surface area contributed by atoms with Crippen molar-refractivity contribution in [2.45, 2.75) is 13.8 Å². The number of ketones is 1. The Morgan fingerprint density at radius 2 is 2.00 bits per heavy atom. The molecule has 1 aromatic carbocycles. The van der Waals surface area contributed by atoms with Crippen molar-refractivity contribution in [2.24, 2.45) is 0 Å². The summed E-state index contributed by atoms with van der Waals surface area (Å²) in [6.07, 6.45) is 1.44. The number of nitrogens with zero attached hydrogens (tertiary/aromatic N) is 2. The van der Waals surface area contributed by atoms with Gasteiger partial charge in [-0.3, -0.25) is 4.79 Å². The Morgan fingerprint density at radius 3 is 2.60 bits per heavy atom. The first-order chi connectivity index (χ1) is 14.3. The van der Waals surface area contributed by atoms with Gasteiger partial charge >= 0.3 is 5.97 Å². The third-order valence-corrected chi connectivity index (χ3v) is 6.40. The summed E-state index contributed by atoms with van der Waals surface area (Å²) in [7, 11) is 1.26. The van der Waals surface area contributed by atoms with Crippen LogP contribution in [0, 0.1) is 24.1 Å². The maximum Gasteiger partial charge on any atom is 0.341 e. The Hall–Kier alpha value is -3.35. The first kappa shape index (κ1) is 21.4. The minimum absolute atomic E-state index is 0.163. The van der Waals surface area contributed by atoms with Crippen molar-refractivity contribution in [1.82, 2.24) is 4.98 Å². The van der Waals surface area contributed by atoms with E-state index in [1.807, 2.05) is 0 Å². The number of benzene rings is 1. The molecule has 0 atom stereocenters. The fourth-order valence-corrected chi connectivity index (χ4v) is 4.58. The van der Waals surface area contributed by atoms with Crippen molar-refractivity contribution in [3.8, 4) is 17.3 Å². The molecule has 0 aliphatic carbocycles. The number of halogens is 1. The lowest BCUT2D eigenvalue weighted by atomic mass is 10.1. The molecule has 0 saturated heterocycles. The van der Waals surface area contributed by atoms with Gasteiger partial charge in [-0.2, -0.15) is 5.26 Å². The highest BCUT2D eigenvalue weighted by molar-refractivity contribution is 7.18. The van der Waals surface area contributed by atoms with Crippen LogP contribution in [0.3, 0.4) is 0 Å². The van der Waals surface area contributed by atoms with E-state index in [-0.39, 0.29) is 22.7 Å². The number of rotatable bonds is 6. The number of thiophene rings is 1. The van der Waals surface area contributed by atoms with Gasteiger partial charge in [-0.05, 0) is 43.7 Å². The van der Waals surface area contributed by atoms with E-state index in [4.69, 9.17) is 4.74 Å². The van der Waals surface area contributed by atoms with E-state index in [0.29, 0.717) is 26.1 Å². The number of hydrogen-bond donors (Lipinski definition) is 1.